The minimum atomic E-state index is 0.214. The van der Waals surface area contributed by atoms with Gasteiger partial charge >= 0.3 is 0 Å². The standard InChI is InChI=1S/C16H24N2O/c1-11(2)10-18(4)14(9-17)16-12(3)19-15-8-6-5-7-13(15)16/h5-8,11,14H,9-10,17H2,1-4H3. The lowest BCUT2D eigenvalue weighted by atomic mass is 10.0. The molecule has 1 heterocycles. The molecule has 1 atom stereocenters. The van der Waals surface area contributed by atoms with Crippen molar-refractivity contribution in [2.45, 2.75) is 26.8 Å². The lowest BCUT2D eigenvalue weighted by Crippen LogP contribution is -2.33. The molecule has 0 aliphatic carbocycles. The second-order valence-corrected chi connectivity index (χ2v) is 5.65. The average molecular weight is 260 g/mol. The fourth-order valence-electron chi connectivity index (χ4n) is 2.82. The van der Waals surface area contributed by atoms with E-state index in [9.17, 15) is 0 Å². The highest BCUT2D eigenvalue weighted by atomic mass is 16.3. The topological polar surface area (TPSA) is 42.4 Å². The lowest BCUT2D eigenvalue weighted by molar-refractivity contribution is 0.223. The van der Waals surface area contributed by atoms with E-state index in [1.165, 1.54) is 10.9 Å². The average Bonchev–Trinajstić information content (AvgIpc) is 2.66. The Hall–Kier alpha value is -1.32. The number of aryl methyl sites for hydroxylation is 1. The van der Waals surface area contributed by atoms with Crippen LogP contribution in [-0.4, -0.2) is 25.0 Å². The zero-order valence-electron chi connectivity index (χ0n) is 12.3. The van der Waals surface area contributed by atoms with Gasteiger partial charge in [-0.15, -0.1) is 0 Å². The lowest BCUT2D eigenvalue weighted by Gasteiger charge is -2.28. The molecule has 1 aromatic carbocycles. The van der Waals surface area contributed by atoms with Gasteiger partial charge in [0.15, 0.2) is 0 Å². The molecule has 0 bridgehead atoms. The molecular formula is C16H24N2O. The summed E-state index contributed by atoms with van der Waals surface area (Å²) in [5.41, 5.74) is 8.20. The van der Waals surface area contributed by atoms with Crippen molar-refractivity contribution >= 4 is 11.0 Å². The SMILES string of the molecule is Cc1oc2ccccc2c1C(CN)N(C)CC(C)C. The van der Waals surface area contributed by atoms with E-state index < -0.39 is 0 Å². The van der Waals surface area contributed by atoms with Crippen molar-refractivity contribution in [1.29, 1.82) is 0 Å². The van der Waals surface area contributed by atoms with E-state index >= 15 is 0 Å². The molecule has 104 valence electrons. The fraction of sp³-hybridized carbons (Fsp3) is 0.500. The van der Waals surface area contributed by atoms with Crippen LogP contribution >= 0.6 is 0 Å². The Kier molecular flexibility index (Phi) is 4.27. The Morgan fingerprint density at radius 1 is 1.26 bits per heavy atom. The van der Waals surface area contributed by atoms with Gasteiger partial charge in [0.05, 0.1) is 6.04 Å². The van der Waals surface area contributed by atoms with Crippen molar-refractivity contribution < 1.29 is 4.42 Å². The molecule has 0 aliphatic rings. The third kappa shape index (κ3) is 2.82. The molecule has 2 aromatic rings. The summed E-state index contributed by atoms with van der Waals surface area (Å²) in [6.45, 7) is 8.12. The highest BCUT2D eigenvalue weighted by Crippen LogP contribution is 2.32. The second kappa shape index (κ2) is 5.76. The van der Waals surface area contributed by atoms with Crippen molar-refractivity contribution in [3.63, 3.8) is 0 Å². The zero-order chi connectivity index (χ0) is 14.0. The summed E-state index contributed by atoms with van der Waals surface area (Å²) in [6, 6.07) is 8.40. The van der Waals surface area contributed by atoms with Crippen molar-refractivity contribution in [1.82, 2.24) is 4.90 Å². The first-order valence-corrected chi connectivity index (χ1v) is 6.93. The molecule has 2 rings (SSSR count). The van der Waals surface area contributed by atoms with Crippen LogP contribution in [0.4, 0.5) is 0 Å². The monoisotopic (exact) mass is 260 g/mol. The van der Waals surface area contributed by atoms with Gasteiger partial charge in [-0.3, -0.25) is 4.90 Å². The van der Waals surface area contributed by atoms with Crippen LogP contribution in [0.2, 0.25) is 0 Å². The summed E-state index contributed by atoms with van der Waals surface area (Å²) >= 11 is 0. The number of para-hydroxylation sites is 1. The van der Waals surface area contributed by atoms with E-state index in [1.807, 2.05) is 19.1 Å². The second-order valence-electron chi connectivity index (χ2n) is 5.65. The predicted octanol–water partition coefficient (Wildman–Crippen LogP) is 3.33. The molecular weight excluding hydrogens is 236 g/mol. The number of hydrogen-bond donors (Lipinski definition) is 1. The Balaban J connectivity index is 2.43. The highest BCUT2D eigenvalue weighted by molar-refractivity contribution is 5.82. The van der Waals surface area contributed by atoms with E-state index in [2.05, 4.69) is 37.9 Å². The molecule has 0 fully saturated rings. The van der Waals surface area contributed by atoms with Gasteiger partial charge in [-0.2, -0.15) is 0 Å². The van der Waals surface area contributed by atoms with Crippen LogP contribution in [0.5, 0.6) is 0 Å². The Labute approximate surface area is 115 Å². The quantitative estimate of drug-likeness (QED) is 0.896. The first kappa shape index (κ1) is 14.1. The summed E-state index contributed by atoms with van der Waals surface area (Å²) in [5, 5.41) is 1.19. The fourth-order valence-corrected chi connectivity index (χ4v) is 2.82. The molecule has 0 spiro atoms. The Morgan fingerprint density at radius 3 is 2.58 bits per heavy atom. The summed E-state index contributed by atoms with van der Waals surface area (Å²) in [5.74, 6) is 1.60. The maximum absolute atomic E-state index is 6.02. The first-order valence-electron chi connectivity index (χ1n) is 6.93. The molecule has 3 heteroatoms. The molecule has 1 aromatic heterocycles. The van der Waals surface area contributed by atoms with Crippen LogP contribution in [0, 0.1) is 12.8 Å². The maximum atomic E-state index is 6.02. The molecule has 3 nitrogen and oxygen atoms in total. The van der Waals surface area contributed by atoms with Crippen molar-refractivity contribution in [3.8, 4) is 0 Å². The van der Waals surface area contributed by atoms with Gasteiger partial charge in [0.25, 0.3) is 0 Å². The van der Waals surface area contributed by atoms with Gasteiger partial charge < -0.3 is 10.2 Å². The van der Waals surface area contributed by atoms with Crippen LogP contribution in [0.25, 0.3) is 11.0 Å². The number of hydrogen-bond acceptors (Lipinski definition) is 3. The molecule has 0 amide bonds. The smallest absolute Gasteiger partial charge is 0.134 e. The molecule has 1 unspecified atom stereocenters. The van der Waals surface area contributed by atoms with Crippen molar-refractivity contribution in [3.05, 3.63) is 35.6 Å². The van der Waals surface area contributed by atoms with Crippen molar-refractivity contribution in [2.24, 2.45) is 11.7 Å². The van der Waals surface area contributed by atoms with Gasteiger partial charge in [0.1, 0.15) is 11.3 Å². The number of nitrogens with zero attached hydrogens (tertiary/aromatic N) is 1. The van der Waals surface area contributed by atoms with Gasteiger partial charge in [0, 0.05) is 24.0 Å². The summed E-state index contributed by atoms with van der Waals surface area (Å²) in [6.07, 6.45) is 0. The summed E-state index contributed by atoms with van der Waals surface area (Å²) in [7, 11) is 2.14. The number of furan rings is 1. The minimum Gasteiger partial charge on any atom is -0.461 e. The highest BCUT2D eigenvalue weighted by Gasteiger charge is 2.23. The van der Waals surface area contributed by atoms with Crippen LogP contribution in [0.1, 0.15) is 31.2 Å². The zero-order valence-corrected chi connectivity index (χ0v) is 12.3. The molecule has 0 aliphatic heterocycles. The molecule has 0 saturated heterocycles. The van der Waals surface area contributed by atoms with Gasteiger partial charge in [-0.1, -0.05) is 32.0 Å². The number of likely N-dealkylation sites (N-methyl/N-ethyl adjacent to an activating group) is 1. The van der Waals surface area contributed by atoms with E-state index in [0.717, 1.165) is 17.9 Å². The van der Waals surface area contributed by atoms with Crippen LogP contribution in [-0.2, 0) is 0 Å². The Morgan fingerprint density at radius 2 is 1.95 bits per heavy atom. The van der Waals surface area contributed by atoms with Crippen LogP contribution in [0.15, 0.2) is 28.7 Å². The van der Waals surface area contributed by atoms with E-state index in [-0.39, 0.29) is 6.04 Å². The van der Waals surface area contributed by atoms with Gasteiger partial charge in [-0.25, -0.2) is 0 Å². The molecule has 2 N–H and O–H groups in total. The molecule has 19 heavy (non-hydrogen) atoms. The third-order valence-corrected chi connectivity index (χ3v) is 3.56. The normalized spacial score (nSPS) is 13.6. The first-order chi connectivity index (χ1) is 9.04. The van der Waals surface area contributed by atoms with E-state index in [0.29, 0.717) is 12.5 Å². The predicted molar refractivity (Wildman–Crippen MR) is 80.2 cm³/mol. The largest absolute Gasteiger partial charge is 0.461 e. The minimum absolute atomic E-state index is 0.214. The molecule has 0 radical (unpaired) electrons. The maximum Gasteiger partial charge on any atom is 0.134 e. The Bertz CT molecular complexity index is 545. The van der Waals surface area contributed by atoms with Gasteiger partial charge in [0.2, 0.25) is 0 Å². The number of rotatable bonds is 5. The summed E-state index contributed by atoms with van der Waals surface area (Å²) in [4.78, 5) is 2.33. The number of nitrogens with two attached hydrogens (primary N) is 1. The van der Waals surface area contributed by atoms with Crippen molar-refractivity contribution in [2.75, 3.05) is 20.1 Å². The van der Waals surface area contributed by atoms with Crippen LogP contribution in [0.3, 0.4) is 0 Å². The van der Waals surface area contributed by atoms with E-state index in [1.54, 1.807) is 0 Å². The molecule has 0 saturated carbocycles. The number of benzene rings is 1. The van der Waals surface area contributed by atoms with Gasteiger partial charge in [-0.05, 0) is 26.0 Å². The summed E-state index contributed by atoms with van der Waals surface area (Å²) < 4.78 is 5.85. The van der Waals surface area contributed by atoms with E-state index in [4.69, 9.17) is 10.2 Å². The van der Waals surface area contributed by atoms with Crippen LogP contribution < -0.4 is 5.73 Å². The third-order valence-electron chi connectivity index (χ3n) is 3.56. The number of fused-ring (bicyclic) bond motifs is 1.